The van der Waals surface area contributed by atoms with Crippen molar-refractivity contribution >= 4 is 18.3 Å². The van der Waals surface area contributed by atoms with Gasteiger partial charge in [0.1, 0.15) is 6.04 Å². The number of nitrogens with one attached hydrogen (secondary N) is 1. The van der Waals surface area contributed by atoms with Crippen molar-refractivity contribution in [2.45, 2.75) is 37.8 Å². The average Bonchev–Trinajstić information content (AvgIpc) is 2.84. The molecule has 3 aromatic carbocycles. The van der Waals surface area contributed by atoms with E-state index in [9.17, 15) is 35.5 Å². The number of amides is 1. The van der Waals surface area contributed by atoms with Gasteiger partial charge in [0.15, 0.2) is 11.5 Å². The van der Waals surface area contributed by atoms with Gasteiger partial charge >= 0.3 is 19.4 Å². The molecule has 0 fully saturated rings. The maximum Gasteiger partial charge on any atom is 0.416 e. The lowest BCUT2D eigenvalue weighted by atomic mass is 9.87. The van der Waals surface area contributed by atoms with E-state index in [0.717, 1.165) is 24.3 Å². The maximum atomic E-state index is 13.1. The fraction of sp³-hybridized carbons (Fsp3) is 0.269. The topological polar surface area (TPSA) is 73.6 Å². The number of alkyl halides is 7. The van der Waals surface area contributed by atoms with Crippen molar-refractivity contribution < 1.29 is 45.0 Å². The molecule has 212 valence electrons. The minimum Gasteiger partial charge on any atom is -0.431 e. The van der Waals surface area contributed by atoms with Gasteiger partial charge in [0.25, 0.3) is 0 Å². The molecule has 5 nitrogen and oxygen atoms in total. The SMILES string of the molecule is Cl.NC(=O)[C@@H](NCC[C@H](c1ccc(C(F)(F)F)cc1)c1ccc(OC(F)F)c(OC(F)F)c1)c1ccccc1. The first-order chi connectivity index (χ1) is 18.0. The smallest absolute Gasteiger partial charge is 0.416 e. The summed E-state index contributed by atoms with van der Waals surface area (Å²) < 4.78 is 99.2. The lowest BCUT2D eigenvalue weighted by molar-refractivity contribution is -0.137. The molecule has 3 aromatic rings. The highest BCUT2D eigenvalue weighted by molar-refractivity contribution is 5.85. The van der Waals surface area contributed by atoms with Gasteiger partial charge in [-0.25, -0.2) is 0 Å². The van der Waals surface area contributed by atoms with Crippen LogP contribution in [0.5, 0.6) is 11.5 Å². The highest BCUT2D eigenvalue weighted by Crippen LogP contribution is 2.38. The number of ether oxygens (including phenoxy) is 2. The molecule has 13 heteroatoms. The Morgan fingerprint density at radius 1 is 0.795 bits per heavy atom. The number of halogens is 8. The predicted octanol–water partition coefficient (Wildman–Crippen LogP) is 6.67. The van der Waals surface area contributed by atoms with Crippen molar-refractivity contribution in [3.63, 3.8) is 0 Å². The third-order valence-electron chi connectivity index (χ3n) is 5.64. The lowest BCUT2D eigenvalue weighted by Crippen LogP contribution is -2.34. The molecular formula is C26H24ClF7N2O3. The van der Waals surface area contributed by atoms with E-state index in [1.54, 1.807) is 30.3 Å². The number of benzene rings is 3. The Morgan fingerprint density at radius 3 is 1.90 bits per heavy atom. The number of carbonyl (C=O) groups is 1. The largest absolute Gasteiger partial charge is 0.431 e. The highest BCUT2D eigenvalue weighted by atomic mass is 35.5. The van der Waals surface area contributed by atoms with E-state index in [2.05, 4.69) is 14.8 Å². The third-order valence-corrected chi connectivity index (χ3v) is 5.64. The van der Waals surface area contributed by atoms with Crippen LogP contribution in [-0.2, 0) is 11.0 Å². The summed E-state index contributed by atoms with van der Waals surface area (Å²) in [6.07, 6.45) is -4.42. The van der Waals surface area contributed by atoms with Crippen LogP contribution in [0.15, 0.2) is 72.8 Å². The van der Waals surface area contributed by atoms with Crippen LogP contribution in [0.25, 0.3) is 0 Å². The molecule has 3 N–H and O–H groups in total. The minimum atomic E-state index is -4.58. The molecule has 0 aromatic heterocycles. The van der Waals surface area contributed by atoms with Crippen molar-refractivity contribution in [3.8, 4) is 11.5 Å². The monoisotopic (exact) mass is 580 g/mol. The van der Waals surface area contributed by atoms with Crippen LogP contribution < -0.4 is 20.5 Å². The average molecular weight is 581 g/mol. The standard InChI is InChI=1S/C26H23F7N2O3.ClH/c27-24(28)37-20-11-8-17(14-21(20)38-25(29)30)19(15-6-9-18(10-7-15)26(31,32)33)12-13-35-22(23(34)36)16-4-2-1-3-5-16;/h1-11,14,19,22,24-25,35H,12-13H2,(H2,34,36);1H/t19-,22+;/m1./s1. The summed E-state index contributed by atoms with van der Waals surface area (Å²) >= 11 is 0. The molecule has 0 unspecified atom stereocenters. The number of nitrogens with two attached hydrogens (primary N) is 1. The van der Waals surface area contributed by atoms with Crippen LogP contribution in [0.2, 0.25) is 0 Å². The van der Waals surface area contributed by atoms with Crippen molar-refractivity contribution in [1.82, 2.24) is 5.32 Å². The Hall–Kier alpha value is -3.51. The normalized spacial score (nSPS) is 13.1. The first kappa shape index (κ1) is 31.7. The Kier molecular flexibility index (Phi) is 11.4. The van der Waals surface area contributed by atoms with E-state index in [1.807, 2.05) is 0 Å². The molecule has 2 atom stereocenters. The van der Waals surface area contributed by atoms with Gasteiger partial charge < -0.3 is 20.5 Å². The molecule has 1 amide bonds. The zero-order chi connectivity index (χ0) is 27.9. The molecule has 0 aliphatic rings. The van der Waals surface area contributed by atoms with E-state index in [0.29, 0.717) is 11.1 Å². The fourth-order valence-corrected chi connectivity index (χ4v) is 3.95. The quantitative estimate of drug-likeness (QED) is 0.235. The number of carbonyl (C=O) groups excluding carboxylic acids is 1. The van der Waals surface area contributed by atoms with Gasteiger partial charge in [0.2, 0.25) is 5.91 Å². The molecule has 0 heterocycles. The Bertz CT molecular complexity index is 1200. The molecule has 0 bridgehead atoms. The van der Waals surface area contributed by atoms with Crippen molar-refractivity contribution in [3.05, 3.63) is 95.1 Å². The second-order valence-electron chi connectivity index (χ2n) is 8.12. The van der Waals surface area contributed by atoms with Crippen LogP contribution in [0.1, 0.15) is 40.6 Å². The van der Waals surface area contributed by atoms with Gasteiger partial charge in [0, 0.05) is 5.92 Å². The van der Waals surface area contributed by atoms with Crippen LogP contribution >= 0.6 is 12.4 Å². The third kappa shape index (κ3) is 9.03. The maximum absolute atomic E-state index is 13.1. The molecule has 0 radical (unpaired) electrons. The fourth-order valence-electron chi connectivity index (χ4n) is 3.95. The molecule has 0 aliphatic heterocycles. The second kappa shape index (κ2) is 14.0. The Labute approximate surface area is 225 Å². The van der Waals surface area contributed by atoms with Crippen molar-refractivity contribution in [2.75, 3.05) is 6.54 Å². The number of hydrogen-bond acceptors (Lipinski definition) is 4. The van der Waals surface area contributed by atoms with E-state index >= 15 is 0 Å². The van der Waals surface area contributed by atoms with E-state index in [4.69, 9.17) is 5.73 Å². The number of primary amides is 1. The summed E-state index contributed by atoms with van der Waals surface area (Å²) in [7, 11) is 0. The van der Waals surface area contributed by atoms with E-state index in [-0.39, 0.29) is 30.9 Å². The van der Waals surface area contributed by atoms with Crippen LogP contribution in [0, 0.1) is 0 Å². The van der Waals surface area contributed by atoms with Crippen LogP contribution in [0.4, 0.5) is 30.7 Å². The van der Waals surface area contributed by atoms with Gasteiger partial charge in [-0.2, -0.15) is 30.7 Å². The first-order valence-corrected chi connectivity index (χ1v) is 11.2. The molecule has 0 saturated heterocycles. The molecule has 3 rings (SSSR count). The van der Waals surface area contributed by atoms with Gasteiger partial charge in [-0.15, -0.1) is 12.4 Å². The van der Waals surface area contributed by atoms with Crippen molar-refractivity contribution in [2.24, 2.45) is 5.73 Å². The van der Waals surface area contributed by atoms with Gasteiger partial charge in [-0.1, -0.05) is 48.5 Å². The number of hydrogen-bond donors (Lipinski definition) is 2. The van der Waals surface area contributed by atoms with E-state index in [1.165, 1.54) is 18.2 Å². The summed E-state index contributed by atoms with van der Waals surface area (Å²) in [5, 5.41) is 3.00. The minimum absolute atomic E-state index is 0. The molecule has 0 spiro atoms. The molecular weight excluding hydrogens is 557 g/mol. The first-order valence-electron chi connectivity index (χ1n) is 11.2. The lowest BCUT2D eigenvalue weighted by Gasteiger charge is -2.23. The zero-order valence-electron chi connectivity index (χ0n) is 20.0. The summed E-state index contributed by atoms with van der Waals surface area (Å²) in [5.74, 6) is -2.67. The summed E-state index contributed by atoms with van der Waals surface area (Å²) in [6, 6.07) is 15.3. The van der Waals surface area contributed by atoms with Crippen LogP contribution in [-0.4, -0.2) is 25.7 Å². The molecule has 0 aliphatic carbocycles. The molecule has 0 saturated carbocycles. The predicted molar refractivity (Wildman–Crippen MR) is 131 cm³/mol. The second-order valence-corrected chi connectivity index (χ2v) is 8.12. The molecule has 39 heavy (non-hydrogen) atoms. The number of rotatable bonds is 12. The summed E-state index contributed by atoms with van der Waals surface area (Å²) in [5.41, 5.74) is 5.87. The Balaban J connectivity index is 0.00000533. The van der Waals surface area contributed by atoms with Gasteiger partial charge in [-0.3, -0.25) is 4.79 Å². The van der Waals surface area contributed by atoms with Gasteiger partial charge in [-0.05, 0) is 53.9 Å². The summed E-state index contributed by atoms with van der Waals surface area (Å²) in [6.45, 7) is -6.53. The summed E-state index contributed by atoms with van der Waals surface area (Å²) in [4.78, 5) is 12.0. The Morgan fingerprint density at radius 2 is 1.36 bits per heavy atom. The van der Waals surface area contributed by atoms with E-state index < -0.39 is 54.3 Å². The van der Waals surface area contributed by atoms with Gasteiger partial charge in [0.05, 0.1) is 5.56 Å². The van der Waals surface area contributed by atoms with Crippen LogP contribution in [0.3, 0.4) is 0 Å². The zero-order valence-corrected chi connectivity index (χ0v) is 20.8. The highest BCUT2D eigenvalue weighted by Gasteiger charge is 2.30. The van der Waals surface area contributed by atoms with Crippen molar-refractivity contribution in [1.29, 1.82) is 0 Å².